The summed E-state index contributed by atoms with van der Waals surface area (Å²) < 4.78 is 28.1. The van der Waals surface area contributed by atoms with Crippen LogP contribution >= 0.6 is 15.9 Å². The smallest absolute Gasteiger partial charge is 0.243 e. The van der Waals surface area contributed by atoms with Crippen LogP contribution < -0.4 is 11.5 Å². The SMILES string of the molecule is NC(N)=NC1CCN(S(=O)(=O)c2cccc3cncc(Br)c23)C1. The van der Waals surface area contributed by atoms with E-state index in [4.69, 9.17) is 11.5 Å². The number of pyridine rings is 1. The van der Waals surface area contributed by atoms with Gasteiger partial charge in [0.05, 0.1) is 10.9 Å². The fraction of sp³-hybridized carbons (Fsp3) is 0.286. The Morgan fingerprint density at radius 2 is 2.13 bits per heavy atom. The van der Waals surface area contributed by atoms with Gasteiger partial charge in [0, 0.05) is 40.7 Å². The Morgan fingerprint density at radius 3 is 2.87 bits per heavy atom. The first-order chi connectivity index (χ1) is 10.9. The fourth-order valence-electron chi connectivity index (χ4n) is 2.76. The van der Waals surface area contributed by atoms with Crippen molar-refractivity contribution >= 4 is 42.7 Å². The molecule has 2 heterocycles. The van der Waals surface area contributed by atoms with Gasteiger partial charge in [-0.25, -0.2) is 13.4 Å². The van der Waals surface area contributed by atoms with Crippen molar-refractivity contribution in [1.82, 2.24) is 9.29 Å². The van der Waals surface area contributed by atoms with Crippen molar-refractivity contribution < 1.29 is 8.42 Å². The number of benzene rings is 1. The lowest BCUT2D eigenvalue weighted by molar-refractivity contribution is 0.473. The molecule has 0 saturated carbocycles. The molecule has 23 heavy (non-hydrogen) atoms. The zero-order chi connectivity index (χ0) is 16.6. The lowest BCUT2D eigenvalue weighted by Crippen LogP contribution is -2.31. The fourth-order valence-corrected chi connectivity index (χ4v) is 5.18. The molecule has 0 amide bonds. The van der Waals surface area contributed by atoms with E-state index in [0.717, 1.165) is 5.39 Å². The monoisotopic (exact) mass is 397 g/mol. The van der Waals surface area contributed by atoms with E-state index in [1.807, 2.05) is 6.07 Å². The number of fused-ring (bicyclic) bond motifs is 1. The van der Waals surface area contributed by atoms with Gasteiger partial charge < -0.3 is 11.5 Å². The van der Waals surface area contributed by atoms with Crippen molar-refractivity contribution in [1.29, 1.82) is 0 Å². The molecule has 2 aromatic rings. The number of guanidine groups is 1. The van der Waals surface area contributed by atoms with Gasteiger partial charge in [0.2, 0.25) is 10.0 Å². The lowest BCUT2D eigenvalue weighted by atomic mass is 10.2. The van der Waals surface area contributed by atoms with Gasteiger partial charge >= 0.3 is 0 Å². The number of aromatic nitrogens is 1. The van der Waals surface area contributed by atoms with Crippen molar-refractivity contribution in [3.05, 3.63) is 35.1 Å². The Hall–Kier alpha value is -1.71. The Morgan fingerprint density at radius 1 is 1.35 bits per heavy atom. The molecule has 9 heteroatoms. The highest BCUT2D eigenvalue weighted by molar-refractivity contribution is 9.10. The molecule has 4 N–H and O–H groups in total. The first kappa shape index (κ1) is 16.2. The van der Waals surface area contributed by atoms with E-state index in [9.17, 15) is 8.42 Å². The molecule has 1 aromatic heterocycles. The van der Waals surface area contributed by atoms with Crippen molar-refractivity contribution in [2.45, 2.75) is 17.4 Å². The second-order valence-electron chi connectivity index (χ2n) is 5.34. The minimum atomic E-state index is -3.63. The van der Waals surface area contributed by atoms with Gasteiger partial charge in [-0.05, 0) is 28.4 Å². The predicted octanol–water partition coefficient (Wildman–Crippen LogP) is 1.03. The van der Waals surface area contributed by atoms with E-state index in [1.165, 1.54) is 4.31 Å². The van der Waals surface area contributed by atoms with Gasteiger partial charge in [-0.15, -0.1) is 0 Å². The molecule has 0 radical (unpaired) electrons. The third-order valence-electron chi connectivity index (χ3n) is 3.77. The molecule has 1 saturated heterocycles. The quantitative estimate of drug-likeness (QED) is 0.592. The highest BCUT2D eigenvalue weighted by atomic mass is 79.9. The van der Waals surface area contributed by atoms with Gasteiger partial charge in [-0.1, -0.05) is 12.1 Å². The Labute approximate surface area is 142 Å². The summed E-state index contributed by atoms with van der Waals surface area (Å²) in [4.78, 5) is 8.40. The summed E-state index contributed by atoms with van der Waals surface area (Å²) in [5.41, 5.74) is 10.8. The molecular weight excluding hydrogens is 382 g/mol. The maximum atomic E-state index is 13.0. The zero-order valence-corrected chi connectivity index (χ0v) is 14.6. The summed E-state index contributed by atoms with van der Waals surface area (Å²) >= 11 is 3.39. The maximum Gasteiger partial charge on any atom is 0.243 e. The third-order valence-corrected chi connectivity index (χ3v) is 6.28. The number of rotatable bonds is 3. The van der Waals surface area contributed by atoms with Gasteiger partial charge in [0.1, 0.15) is 0 Å². The average molecular weight is 398 g/mol. The van der Waals surface area contributed by atoms with Gasteiger partial charge in [-0.2, -0.15) is 4.31 Å². The summed E-state index contributed by atoms with van der Waals surface area (Å²) in [6.07, 6.45) is 3.84. The Balaban J connectivity index is 2.03. The van der Waals surface area contributed by atoms with Crippen LogP contribution in [0.4, 0.5) is 0 Å². The van der Waals surface area contributed by atoms with Gasteiger partial charge in [0.25, 0.3) is 0 Å². The molecule has 1 atom stereocenters. The van der Waals surface area contributed by atoms with Crippen LogP contribution in [0.1, 0.15) is 6.42 Å². The summed E-state index contributed by atoms with van der Waals surface area (Å²) in [6.45, 7) is 0.669. The molecule has 1 unspecified atom stereocenters. The molecule has 3 rings (SSSR count). The van der Waals surface area contributed by atoms with Crippen LogP contribution in [0.5, 0.6) is 0 Å². The van der Waals surface area contributed by atoms with Crippen molar-refractivity contribution in [3.8, 4) is 0 Å². The van der Waals surface area contributed by atoms with Crippen LogP contribution in [-0.4, -0.2) is 42.8 Å². The number of halogens is 1. The normalized spacial score (nSPS) is 19.1. The molecule has 122 valence electrons. The molecule has 0 bridgehead atoms. The Bertz CT molecular complexity index is 875. The van der Waals surface area contributed by atoms with E-state index in [1.54, 1.807) is 24.5 Å². The minimum absolute atomic E-state index is 0.0202. The number of sulfonamides is 1. The second kappa shape index (κ2) is 6.06. The van der Waals surface area contributed by atoms with Crippen molar-refractivity contribution in [2.75, 3.05) is 13.1 Å². The number of aliphatic imine (C=N–C) groups is 1. The summed E-state index contributed by atoms with van der Waals surface area (Å²) in [5.74, 6) is -0.0202. The highest BCUT2D eigenvalue weighted by Crippen LogP contribution is 2.32. The molecule has 1 aliphatic rings. The van der Waals surface area contributed by atoms with Crippen LogP contribution in [0.3, 0.4) is 0 Å². The van der Waals surface area contributed by atoms with E-state index in [-0.39, 0.29) is 23.4 Å². The van der Waals surface area contributed by atoms with E-state index >= 15 is 0 Å². The second-order valence-corrected chi connectivity index (χ2v) is 8.10. The first-order valence-corrected chi connectivity index (χ1v) is 9.24. The maximum absolute atomic E-state index is 13.0. The standard InChI is InChI=1S/C14H16BrN5O2S/c15-11-7-18-6-9-2-1-3-12(13(9)11)23(21,22)20-5-4-10(8-20)19-14(16)17/h1-3,6-7,10H,4-5,8H2,(H4,16,17,19). The highest BCUT2D eigenvalue weighted by Gasteiger charge is 2.33. The predicted molar refractivity (Wildman–Crippen MR) is 92.4 cm³/mol. The number of hydrogen-bond donors (Lipinski definition) is 2. The van der Waals surface area contributed by atoms with Crippen molar-refractivity contribution in [2.24, 2.45) is 16.5 Å². The largest absolute Gasteiger partial charge is 0.370 e. The zero-order valence-electron chi connectivity index (χ0n) is 12.2. The molecular formula is C14H16BrN5O2S. The third kappa shape index (κ3) is 3.04. The molecule has 0 spiro atoms. The first-order valence-electron chi connectivity index (χ1n) is 7.00. The number of nitrogens with zero attached hydrogens (tertiary/aromatic N) is 3. The van der Waals surface area contributed by atoms with E-state index in [2.05, 4.69) is 25.9 Å². The van der Waals surface area contributed by atoms with Crippen LogP contribution in [0, 0.1) is 0 Å². The van der Waals surface area contributed by atoms with Crippen LogP contribution in [0.25, 0.3) is 10.8 Å². The van der Waals surface area contributed by atoms with Crippen molar-refractivity contribution in [3.63, 3.8) is 0 Å². The van der Waals surface area contributed by atoms with Crippen LogP contribution in [0.15, 0.2) is 45.0 Å². The Kier molecular flexibility index (Phi) is 4.26. The summed E-state index contributed by atoms with van der Waals surface area (Å²) in [7, 11) is -3.63. The molecule has 1 aromatic carbocycles. The minimum Gasteiger partial charge on any atom is -0.370 e. The van der Waals surface area contributed by atoms with Gasteiger partial charge in [0.15, 0.2) is 5.96 Å². The van der Waals surface area contributed by atoms with E-state index in [0.29, 0.717) is 22.8 Å². The summed E-state index contributed by atoms with van der Waals surface area (Å²) in [6, 6.07) is 4.96. The number of hydrogen-bond acceptors (Lipinski definition) is 4. The molecule has 1 aliphatic heterocycles. The summed E-state index contributed by atoms with van der Waals surface area (Å²) in [5, 5.41) is 1.40. The topological polar surface area (TPSA) is 115 Å². The lowest BCUT2D eigenvalue weighted by Gasteiger charge is -2.17. The van der Waals surface area contributed by atoms with Crippen LogP contribution in [-0.2, 0) is 10.0 Å². The molecule has 7 nitrogen and oxygen atoms in total. The van der Waals surface area contributed by atoms with Gasteiger partial charge in [-0.3, -0.25) is 4.98 Å². The molecule has 0 aliphatic carbocycles. The van der Waals surface area contributed by atoms with E-state index < -0.39 is 10.0 Å². The van der Waals surface area contributed by atoms with Crippen LogP contribution in [0.2, 0.25) is 0 Å². The molecule has 1 fully saturated rings. The number of nitrogens with two attached hydrogens (primary N) is 2. The average Bonchev–Trinajstić information content (AvgIpc) is 2.95.